The van der Waals surface area contributed by atoms with E-state index in [-0.39, 0.29) is 21.7 Å². The zero-order valence-electron chi connectivity index (χ0n) is 16.7. The molecule has 27 heavy (non-hydrogen) atoms. The topological polar surface area (TPSA) is 32.8 Å². The highest BCUT2D eigenvalue weighted by atomic mass is 32.1. The van der Waals surface area contributed by atoms with Gasteiger partial charge in [-0.15, -0.1) is 11.3 Å². The van der Waals surface area contributed by atoms with Gasteiger partial charge in [-0.3, -0.25) is 9.69 Å². The van der Waals surface area contributed by atoms with Gasteiger partial charge in [-0.1, -0.05) is 0 Å². The van der Waals surface area contributed by atoms with E-state index in [1.54, 1.807) is 13.2 Å². The lowest BCUT2D eigenvalue weighted by molar-refractivity contribution is -0.128. The number of methoxy groups -OCH3 is 1. The van der Waals surface area contributed by atoms with E-state index in [1.807, 2.05) is 6.07 Å². The Bertz CT molecular complexity index is 705. The van der Waals surface area contributed by atoms with Crippen LogP contribution < -0.4 is 0 Å². The fourth-order valence-electron chi connectivity index (χ4n) is 5.23. The Hall–Kier alpha value is -0.980. The number of carbonyl (C=O) groups excluding carboxylic acids is 1. The molecular formula is C21H31FN2O2S. The summed E-state index contributed by atoms with van der Waals surface area (Å²) in [6, 6.07) is 3.53. The molecule has 3 aliphatic rings. The lowest BCUT2D eigenvalue weighted by atomic mass is 9.66. The van der Waals surface area contributed by atoms with Crippen LogP contribution >= 0.6 is 11.3 Å². The molecule has 0 atom stereocenters. The number of thiophene rings is 1. The Labute approximate surface area is 165 Å². The van der Waals surface area contributed by atoms with Crippen molar-refractivity contribution in [1.29, 1.82) is 0 Å². The summed E-state index contributed by atoms with van der Waals surface area (Å²) in [6.45, 7) is 1.71. The molecule has 150 valence electrons. The first kappa shape index (κ1) is 19.3. The third-order valence-corrected chi connectivity index (χ3v) is 8.58. The SMILES string of the molecule is COC1(CCN2CC3(CCC(c4ccc(F)s4)(N(C)C)CC3)CC2=O)CC1. The molecule has 1 spiro atoms. The van der Waals surface area contributed by atoms with Crippen molar-refractivity contribution in [2.45, 2.75) is 62.5 Å². The first-order valence-electron chi connectivity index (χ1n) is 10.1. The van der Waals surface area contributed by atoms with Gasteiger partial charge in [0.15, 0.2) is 5.13 Å². The summed E-state index contributed by atoms with van der Waals surface area (Å²) < 4.78 is 19.3. The fourth-order valence-corrected chi connectivity index (χ4v) is 6.29. The third-order valence-electron chi connectivity index (χ3n) is 7.51. The van der Waals surface area contributed by atoms with Crippen LogP contribution in [0.4, 0.5) is 4.39 Å². The average Bonchev–Trinajstić information content (AvgIpc) is 3.20. The van der Waals surface area contributed by atoms with E-state index in [2.05, 4.69) is 23.9 Å². The monoisotopic (exact) mass is 394 g/mol. The van der Waals surface area contributed by atoms with Crippen LogP contribution in [-0.2, 0) is 15.1 Å². The van der Waals surface area contributed by atoms with Crippen LogP contribution in [-0.4, -0.2) is 55.6 Å². The number of hydrogen-bond donors (Lipinski definition) is 0. The molecule has 0 bridgehead atoms. The summed E-state index contributed by atoms with van der Waals surface area (Å²) >= 11 is 1.27. The van der Waals surface area contributed by atoms with Gasteiger partial charge in [0.2, 0.25) is 5.91 Å². The molecule has 0 radical (unpaired) electrons. The van der Waals surface area contributed by atoms with Crippen LogP contribution in [0.15, 0.2) is 12.1 Å². The summed E-state index contributed by atoms with van der Waals surface area (Å²) in [6.07, 6.45) is 7.92. The molecule has 0 N–H and O–H groups in total. The number of likely N-dealkylation sites (tertiary alicyclic amines) is 1. The maximum absolute atomic E-state index is 13.7. The van der Waals surface area contributed by atoms with Crippen LogP contribution in [0.25, 0.3) is 0 Å². The molecule has 2 aliphatic carbocycles. The van der Waals surface area contributed by atoms with E-state index in [9.17, 15) is 9.18 Å². The molecule has 2 heterocycles. The van der Waals surface area contributed by atoms with Crippen molar-refractivity contribution in [3.8, 4) is 0 Å². The van der Waals surface area contributed by atoms with E-state index < -0.39 is 0 Å². The lowest BCUT2D eigenvalue weighted by Crippen LogP contribution is -2.47. The van der Waals surface area contributed by atoms with Gasteiger partial charge in [0, 0.05) is 31.5 Å². The van der Waals surface area contributed by atoms with Crippen LogP contribution in [0.1, 0.15) is 56.2 Å². The maximum Gasteiger partial charge on any atom is 0.223 e. The smallest absolute Gasteiger partial charge is 0.223 e. The van der Waals surface area contributed by atoms with Crippen molar-refractivity contribution < 1.29 is 13.9 Å². The van der Waals surface area contributed by atoms with Crippen molar-refractivity contribution in [3.05, 3.63) is 22.1 Å². The number of amides is 1. The van der Waals surface area contributed by atoms with Crippen molar-refractivity contribution in [3.63, 3.8) is 0 Å². The first-order chi connectivity index (χ1) is 12.8. The second-order valence-electron chi connectivity index (χ2n) is 9.16. The zero-order valence-corrected chi connectivity index (χ0v) is 17.5. The van der Waals surface area contributed by atoms with E-state index >= 15 is 0 Å². The second-order valence-corrected chi connectivity index (χ2v) is 10.2. The molecule has 4 nitrogen and oxygen atoms in total. The normalized spacial score (nSPS) is 32.6. The van der Waals surface area contributed by atoms with Crippen molar-refractivity contribution in [2.24, 2.45) is 5.41 Å². The molecule has 1 aliphatic heterocycles. The summed E-state index contributed by atoms with van der Waals surface area (Å²) in [5, 5.41) is -0.110. The molecule has 1 aromatic rings. The zero-order chi connectivity index (χ0) is 19.3. The Balaban J connectivity index is 1.42. The quantitative estimate of drug-likeness (QED) is 0.731. The highest BCUT2D eigenvalue weighted by Gasteiger charge is 2.51. The van der Waals surface area contributed by atoms with Crippen LogP contribution in [0.3, 0.4) is 0 Å². The van der Waals surface area contributed by atoms with Crippen molar-refractivity contribution >= 4 is 17.2 Å². The number of nitrogens with zero attached hydrogens (tertiary/aromatic N) is 2. The lowest BCUT2D eigenvalue weighted by Gasteiger charge is -2.48. The van der Waals surface area contributed by atoms with Crippen molar-refractivity contribution in [2.75, 3.05) is 34.3 Å². The molecule has 6 heteroatoms. The number of rotatable bonds is 6. The molecule has 0 aromatic carbocycles. The highest BCUT2D eigenvalue weighted by molar-refractivity contribution is 7.10. The molecule has 1 amide bonds. The minimum absolute atomic E-state index is 0.0475. The Morgan fingerprint density at radius 3 is 2.41 bits per heavy atom. The molecule has 2 saturated carbocycles. The van der Waals surface area contributed by atoms with E-state index in [0.29, 0.717) is 12.3 Å². The number of halogens is 1. The summed E-state index contributed by atoms with van der Waals surface area (Å²) in [4.78, 5) is 18.1. The molecule has 0 unspecified atom stereocenters. The summed E-state index contributed by atoms with van der Waals surface area (Å²) in [7, 11) is 5.98. The van der Waals surface area contributed by atoms with E-state index in [0.717, 1.165) is 62.9 Å². The van der Waals surface area contributed by atoms with Gasteiger partial charge < -0.3 is 9.64 Å². The van der Waals surface area contributed by atoms with Gasteiger partial charge in [-0.05, 0) is 76.6 Å². The number of ether oxygens (including phenoxy) is 1. The predicted molar refractivity (Wildman–Crippen MR) is 105 cm³/mol. The minimum Gasteiger partial charge on any atom is -0.378 e. The Morgan fingerprint density at radius 1 is 1.19 bits per heavy atom. The minimum atomic E-state index is -0.110. The fraction of sp³-hybridized carbons (Fsp3) is 0.762. The Kier molecular flexibility index (Phi) is 4.88. The van der Waals surface area contributed by atoms with Crippen LogP contribution in [0, 0.1) is 10.5 Å². The number of hydrogen-bond acceptors (Lipinski definition) is 4. The highest BCUT2D eigenvalue weighted by Crippen LogP contribution is 2.53. The molecular weight excluding hydrogens is 363 g/mol. The van der Waals surface area contributed by atoms with Gasteiger partial charge in [-0.25, -0.2) is 0 Å². The largest absolute Gasteiger partial charge is 0.378 e. The number of carbonyl (C=O) groups is 1. The summed E-state index contributed by atoms with van der Waals surface area (Å²) in [5.74, 6) is 0.307. The third kappa shape index (κ3) is 3.45. The van der Waals surface area contributed by atoms with Gasteiger partial charge in [0.1, 0.15) is 0 Å². The standard InChI is InChI=1S/C21H31FN2O2S/c1-23(2)21(16-4-5-17(22)27-16)10-6-19(7-11-21)14-18(25)24(15-19)13-12-20(26-3)8-9-20/h4-5H,6-15H2,1-3H3. The Morgan fingerprint density at radius 2 is 1.89 bits per heavy atom. The van der Waals surface area contributed by atoms with Gasteiger partial charge in [-0.2, -0.15) is 4.39 Å². The predicted octanol–water partition coefficient (Wildman–Crippen LogP) is 4.01. The molecule has 3 fully saturated rings. The molecule has 1 saturated heterocycles. The first-order valence-corrected chi connectivity index (χ1v) is 10.9. The molecule has 4 rings (SSSR count). The van der Waals surface area contributed by atoms with E-state index in [4.69, 9.17) is 4.74 Å². The van der Waals surface area contributed by atoms with Gasteiger partial charge in [0.05, 0.1) is 11.1 Å². The molecule has 1 aromatic heterocycles. The van der Waals surface area contributed by atoms with Crippen LogP contribution in [0.2, 0.25) is 0 Å². The van der Waals surface area contributed by atoms with Crippen molar-refractivity contribution in [1.82, 2.24) is 9.80 Å². The summed E-state index contributed by atoms with van der Waals surface area (Å²) in [5.41, 5.74) is 0.0624. The maximum atomic E-state index is 13.7. The average molecular weight is 395 g/mol. The van der Waals surface area contributed by atoms with Crippen LogP contribution in [0.5, 0.6) is 0 Å². The second kappa shape index (κ2) is 6.82. The van der Waals surface area contributed by atoms with E-state index in [1.165, 1.54) is 11.3 Å². The van der Waals surface area contributed by atoms with Gasteiger partial charge in [0.25, 0.3) is 0 Å². The van der Waals surface area contributed by atoms with Gasteiger partial charge >= 0.3 is 0 Å².